The van der Waals surface area contributed by atoms with Crippen LogP contribution in [0.2, 0.25) is 0 Å². The number of anilines is 1. The van der Waals surface area contributed by atoms with Crippen molar-refractivity contribution in [2.75, 3.05) is 31.8 Å². The first-order valence-electron chi connectivity index (χ1n) is 12.0. The van der Waals surface area contributed by atoms with Gasteiger partial charge in [0, 0.05) is 5.56 Å². The van der Waals surface area contributed by atoms with Crippen LogP contribution in [0.3, 0.4) is 0 Å². The lowest BCUT2D eigenvalue weighted by Gasteiger charge is -2.24. The number of aromatic nitrogens is 1. The number of benzene rings is 2. The fourth-order valence-electron chi connectivity index (χ4n) is 4.43. The van der Waals surface area contributed by atoms with Gasteiger partial charge in [-0.3, -0.25) is 14.5 Å². The molecule has 3 aromatic rings. The molecule has 1 amide bonds. The van der Waals surface area contributed by atoms with E-state index in [1.807, 2.05) is 0 Å². The van der Waals surface area contributed by atoms with Gasteiger partial charge in [0.2, 0.25) is 0 Å². The van der Waals surface area contributed by atoms with E-state index in [2.05, 4.69) is 4.98 Å². The number of aliphatic hydroxyl groups is 1. The zero-order valence-electron chi connectivity index (χ0n) is 21.2. The number of ether oxygens (including phenoxy) is 4. The molecule has 2 N–H and O–H groups in total. The van der Waals surface area contributed by atoms with Crippen LogP contribution in [0.5, 0.6) is 23.0 Å². The molecule has 12 heteroatoms. The van der Waals surface area contributed by atoms with Gasteiger partial charge in [0.1, 0.15) is 23.9 Å². The van der Waals surface area contributed by atoms with Crippen LogP contribution in [0.1, 0.15) is 39.5 Å². The number of carbonyl (C=O) groups is 3. The highest BCUT2D eigenvalue weighted by Gasteiger charge is 2.48. The topological polar surface area (TPSA) is 145 Å². The Morgan fingerprint density at radius 3 is 2.62 bits per heavy atom. The predicted molar refractivity (Wildman–Crippen MR) is 140 cm³/mol. The van der Waals surface area contributed by atoms with Crippen LogP contribution in [0.4, 0.5) is 5.13 Å². The second kappa shape index (κ2) is 10.3. The molecule has 1 atom stereocenters. The van der Waals surface area contributed by atoms with E-state index in [4.69, 9.17) is 18.9 Å². The molecule has 0 bridgehead atoms. The van der Waals surface area contributed by atoms with Crippen LogP contribution in [0.15, 0.2) is 42.0 Å². The molecule has 39 heavy (non-hydrogen) atoms. The Morgan fingerprint density at radius 1 is 1.15 bits per heavy atom. The van der Waals surface area contributed by atoms with Crippen molar-refractivity contribution in [3.05, 3.63) is 63.7 Å². The molecule has 2 aliphatic rings. The smallest absolute Gasteiger partial charge is 0.350 e. The van der Waals surface area contributed by atoms with Crippen molar-refractivity contribution in [2.24, 2.45) is 0 Å². The Bertz CT molecular complexity index is 1530. The number of methoxy groups -OCH3 is 1. The van der Waals surface area contributed by atoms with Crippen LogP contribution < -0.4 is 19.1 Å². The fourth-order valence-corrected chi connectivity index (χ4v) is 5.44. The number of carbonyl (C=O) groups excluding carboxylic acids is 3. The molecule has 11 nitrogen and oxygen atoms in total. The molecule has 1 saturated heterocycles. The van der Waals surface area contributed by atoms with Crippen LogP contribution in [0, 0.1) is 6.92 Å². The van der Waals surface area contributed by atoms with Crippen molar-refractivity contribution in [1.29, 1.82) is 0 Å². The third kappa shape index (κ3) is 4.52. The summed E-state index contributed by atoms with van der Waals surface area (Å²) in [5.41, 5.74) is 0.700. The van der Waals surface area contributed by atoms with Gasteiger partial charge in [0.15, 0.2) is 28.1 Å². The molecule has 0 spiro atoms. The van der Waals surface area contributed by atoms with Crippen molar-refractivity contribution in [1.82, 2.24) is 4.98 Å². The van der Waals surface area contributed by atoms with Gasteiger partial charge in [-0.1, -0.05) is 17.4 Å². The second-order valence-corrected chi connectivity index (χ2v) is 9.57. The summed E-state index contributed by atoms with van der Waals surface area (Å²) in [7, 11) is 1.23. The maximum absolute atomic E-state index is 13.5. The number of rotatable bonds is 6. The van der Waals surface area contributed by atoms with E-state index in [1.54, 1.807) is 26.0 Å². The van der Waals surface area contributed by atoms with Gasteiger partial charge in [-0.2, -0.15) is 0 Å². The molecule has 2 aromatic carbocycles. The highest BCUT2D eigenvalue weighted by molar-refractivity contribution is 7.17. The molecule has 2 aliphatic heterocycles. The molecule has 0 radical (unpaired) electrons. The Balaban J connectivity index is 1.71. The first-order valence-corrected chi connectivity index (χ1v) is 12.8. The lowest BCUT2D eigenvalue weighted by Crippen LogP contribution is -2.29. The number of amides is 1. The zero-order chi connectivity index (χ0) is 27.8. The minimum Gasteiger partial charge on any atom is -0.507 e. The number of aliphatic hydroxyl groups excluding tert-OH is 1. The number of hydrogen-bond acceptors (Lipinski definition) is 11. The standard InChI is InChI=1S/C27H24N2O9S/c1-4-36-18-11-14(5-7-16(18)30)21-20(22(31)15-6-8-17-19(12-15)38-10-9-37-17)23(32)25(33)29(21)27-28-13(2)24(39-27)26(34)35-3/h5-8,11-12,21,30-31H,4,9-10H2,1-3H3. The summed E-state index contributed by atoms with van der Waals surface area (Å²) >= 11 is 0.885. The number of aryl methyl sites for hydroxylation is 1. The van der Waals surface area contributed by atoms with E-state index < -0.39 is 29.5 Å². The number of Topliss-reactive ketones (excluding diaryl/α,β-unsaturated/α-hetero) is 1. The molecule has 0 aliphatic carbocycles. The van der Waals surface area contributed by atoms with Gasteiger partial charge < -0.3 is 29.2 Å². The number of phenolic OH excluding ortho intramolecular Hbond substituents is 1. The lowest BCUT2D eigenvalue weighted by atomic mass is 9.95. The van der Waals surface area contributed by atoms with E-state index >= 15 is 0 Å². The van der Waals surface area contributed by atoms with Crippen molar-refractivity contribution < 1.29 is 43.5 Å². The first-order chi connectivity index (χ1) is 18.7. The minimum absolute atomic E-state index is 0.0623. The van der Waals surface area contributed by atoms with Crippen LogP contribution >= 0.6 is 11.3 Å². The SMILES string of the molecule is CCOc1cc(C2C(=C(O)c3ccc4c(c3)OCCO4)C(=O)C(=O)N2c2nc(C)c(C(=O)OC)s2)ccc1O. The number of esters is 1. The Labute approximate surface area is 226 Å². The monoisotopic (exact) mass is 552 g/mol. The predicted octanol–water partition coefficient (Wildman–Crippen LogP) is 3.74. The molecular weight excluding hydrogens is 528 g/mol. The van der Waals surface area contributed by atoms with E-state index in [9.17, 15) is 24.6 Å². The zero-order valence-corrected chi connectivity index (χ0v) is 22.0. The van der Waals surface area contributed by atoms with Crippen molar-refractivity contribution in [3.63, 3.8) is 0 Å². The molecule has 1 unspecified atom stereocenters. The quantitative estimate of drug-likeness (QED) is 0.201. The Kier molecular flexibility index (Phi) is 6.87. The third-order valence-corrected chi connectivity index (χ3v) is 7.36. The molecular formula is C27H24N2O9S. The highest BCUT2D eigenvalue weighted by atomic mass is 32.1. The summed E-state index contributed by atoms with van der Waals surface area (Å²) < 4.78 is 21.5. The molecule has 1 fully saturated rings. The van der Waals surface area contributed by atoms with Gasteiger partial charge in [-0.15, -0.1) is 0 Å². The summed E-state index contributed by atoms with van der Waals surface area (Å²) in [6.45, 7) is 4.28. The molecule has 5 rings (SSSR count). The van der Waals surface area contributed by atoms with Crippen LogP contribution in [-0.4, -0.2) is 59.8 Å². The molecule has 0 saturated carbocycles. The van der Waals surface area contributed by atoms with E-state index in [0.29, 0.717) is 36.0 Å². The van der Waals surface area contributed by atoms with E-state index in [0.717, 1.165) is 16.2 Å². The van der Waals surface area contributed by atoms with Crippen LogP contribution in [-0.2, 0) is 14.3 Å². The van der Waals surface area contributed by atoms with Gasteiger partial charge in [-0.25, -0.2) is 9.78 Å². The van der Waals surface area contributed by atoms with E-state index in [1.165, 1.54) is 31.4 Å². The number of phenols is 1. The average molecular weight is 553 g/mol. The maximum atomic E-state index is 13.5. The number of aromatic hydroxyl groups is 1. The van der Waals surface area contributed by atoms with Gasteiger partial charge in [0.25, 0.3) is 5.78 Å². The number of nitrogens with zero attached hydrogens (tertiary/aromatic N) is 2. The molecule has 1 aromatic heterocycles. The molecule has 202 valence electrons. The van der Waals surface area contributed by atoms with Crippen LogP contribution in [0.25, 0.3) is 5.76 Å². The van der Waals surface area contributed by atoms with Crippen molar-refractivity contribution >= 4 is 39.9 Å². The largest absolute Gasteiger partial charge is 0.507 e. The Morgan fingerprint density at radius 2 is 1.90 bits per heavy atom. The second-order valence-electron chi connectivity index (χ2n) is 8.59. The van der Waals surface area contributed by atoms with Gasteiger partial charge >= 0.3 is 11.9 Å². The minimum atomic E-state index is -1.16. The highest BCUT2D eigenvalue weighted by Crippen LogP contribution is 2.46. The average Bonchev–Trinajstić information content (AvgIpc) is 3.45. The van der Waals surface area contributed by atoms with E-state index in [-0.39, 0.29) is 39.3 Å². The summed E-state index contributed by atoms with van der Waals surface area (Å²) in [5, 5.41) is 21.8. The normalized spacial score (nSPS) is 17.8. The fraction of sp³-hybridized carbons (Fsp3) is 0.259. The number of thiazole rings is 1. The van der Waals surface area contributed by atoms with Crippen molar-refractivity contribution in [2.45, 2.75) is 19.9 Å². The summed E-state index contributed by atoms with van der Waals surface area (Å²) in [5.74, 6) is -2.11. The lowest BCUT2D eigenvalue weighted by molar-refractivity contribution is -0.132. The number of hydrogen-bond donors (Lipinski definition) is 2. The first kappa shape index (κ1) is 26.0. The third-order valence-electron chi connectivity index (χ3n) is 6.22. The summed E-state index contributed by atoms with van der Waals surface area (Å²) in [6.07, 6.45) is 0. The van der Waals surface area contributed by atoms with Gasteiger partial charge in [-0.05, 0) is 49.7 Å². The van der Waals surface area contributed by atoms with Crippen molar-refractivity contribution in [3.8, 4) is 23.0 Å². The summed E-state index contributed by atoms with van der Waals surface area (Å²) in [4.78, 5) is 44.9. The maximum Gasteiger partial charge on any atom is 0.350 e. The van der Waals surface area contributed by atoms with Gasteiger partial charge in [0.05, 0.1) is 31.0 Å². The molecule has 3 heterocycles. The Hall–Kier alpha value is -4.58. The summed E-state index contributed by atoms with van der Waals surface area (Å²) in [6, 6.07) is 7.90. The number of fused-ring (bicyclic) bond motifs is 1. The number of ketones is 1.